The molecule has 3 unspecified atom stereocenters. The summed E-state index contributed by atoms with van der Waals surface area (Å²) < 4.78 is 0. The number of para-hydroxylation sites is 2. The van der Waals surface area contributed by atoms with E-state index in [4.69, 9.17) is 4.98 Å². The molecule has 1 aromatic heterocycles. The molecular weight excluding hydrogens is 352 g/mol. The highest BCUT2D eigenvalue weighted by molar-refractivity contribution is 7.13. The lowest BCUT2D eigenvalue weighted by atomic mass is 9.49. The Kier molecular flexibility index (Phi) is 4.58. The molecule has 2 aromatic rings. The van der Waals surface area contributed by atoms with Gasteiger partial charge in [-0.2, -0.15) is 0 Å². The lowest BCUT2D eigenvalue weighted by molar-refractivity contribution is -0.0145. The van der Waals surface area contributed by atoms with Crippen LogP contribution in [0.4, 0.5) is 10.8 Å². The van der Waals surface area contributed by atoms with Crippen LogP contribution in [0.3, 0.4) is 0 Å². The van der Waals surface area contributed by atoms with Gasteiger partial charge in [0.25, 0.3) is 0 Å². The van der Waals surface area contributed by atoms with Gasteiger partial charge in [0.15, 0.2) is 5.13 Å². The van der Waals surface area contributed by atoms with Crippen LogP contribution in [0.2, 0.25) is 0 Å². The maximum Gasteiger partial charge on any atom is 0.187 e. The first-order chi connectivity index (χ1) is 12.8. The largest absolute Gasteiger partial charge is 0.506 e. The van der Waals surface area contributed by atoms with Gasteiger partial charge < -0.3 is 10.4 Å². The fourth-order valence-corrected chi connectivity index (χ4v) is 5.94. The van der Waals surface area contributed by atoms with Crippen molar-refractivity contribution in [3.8, 4) is 5.75 Å². The van der Waals surface area contributed by atoms with Crippen molar-refractivity contribution in [3.05, 3.63) is 47.5 Å². The summed E-state index contributed by atoms with van der Waals surface area (Å²) in [6, 6.07) is 7.32. The molecule has 0 spiro atoms. The predicted octanol–water partition coefficient (Wildman–Crippen LogP) is 6.71. The molecule has 0 bridgehead atoms. The number of allylic oxidation sites excluding steroid dienone is 2. The number of aromatic hydroxyl groups is 1. The zero-order chi connectivity index (χ0) is 19.2. The van der Waals surface area contributed by atoms with Crippen molar-refractivity contribution in [2.45, 2.75) is 52.9 Å². The molecule has 1 heterocycles. The van der Waals surface area contributed by atoms with Gasteiger partial charge in [-0.3, -0.25) is 0 Å². The number of fused-ring (bicyclic) bond motifs is 1. The highest BCUT2D eigenvalue weighted by Crippen LogP contribution is 2.59. The summed E-state index contributed by atoms with van der Waals surface area (Å²) in [6.45, 7) is 9.75. The Balaban J connectivity index is 1.62. The molecule has 27 heavy (non-hydrogen) atoms. The van der Waals surface area contributed by atoms with Crippen LogP contribution in [0.25, 0.3) is 0 Å². The van der Waals surface area contributed by atoms with Crippen molar-refractivity contribution in [3.63, 3.8) is 0 Å². The number of hydrogen-bond acceptors (Lipinski definition) is 4. The molecular formula is C23H30N2OS. The van der Waals surface area contributed by atoms with E-state index in [1.807, 2.05) is 18.2 Å². The van der Waals surface area contributed by atoms with Crippen LogP contribution in [-0.2, 0) is 0 Å². The quantitative estimate of drug-likeness (QED) is 0.458. The summed E-state index contributed by atoms with van der Waals surface area (Å²) >= 11 is 1.63. The number of aromatic nitrogens is 1. The zero-order valence-corrected chi connectivity index (χ0v) is 17.5. The van der Waals surface area contributed by atoms with Crippen LogP contribution in [-0.4, -0.2) is 10.1 Å². The van der Waals surface area contributed by atoms with E-state index < -0.39 is 0 Å². The molecule has 4 heteroatoms. The van der Waals surface area contributed by atoms with Gasteiger partial charge in [0, 0.05) is 11.3 Å². The van der Waals surface area contributed by atoms with Gasteiger partial charge in [-0.05, 0) is 54.1 Å². The van der Waals surface area contributed by atoms with Crippen LogP contribution >= 0.6 is 11.3 Å². The third-order valence-electron chi connectivity index (χ3n) is 6.82. The Labute approximate surface area is 166 Å². The van der Waals surface area contributed by atoms with Crippen molar-refractivity contribution in [1.82, 2.24) is 4.98 Å². The number of rotatable bonds is 3. The first kappa shape index (κ1) is 18.5. The molecule has 0 aliphatic heterocycles. The van der Waals surface area contributed by atoms with Crippen LogP contribution in [0.1, 0.15) is 58.6 Å². The van der Waals surface area contributed by atoms with Crippen LogP contribution in [0.15, 0.2) is 41.8 Å². The zero-order valence-electron chi connectivity index (χ0n) is 16.7. The summed E-state index contributed by atoms with van der Waals surface area (Å²) in [4.78, 5) is 4.94. The second kappa shape index (κ2) is 6.66. The molecule has 0 amide bonds. The van der Waals surface area contributed by atoms with Crippen LogP contribution in [0.5, 0.6) is 5.75 Å². The molecule has 0 radical (unpaired) electrons. The summed E-state index contributed by atoms with van der Waals surface area (Å²) in [5, 5.41) is 16.4. The van der Waals surface area contributed by atoms with Crippen molar-refractivity contribution in [2.75, 3.05) is 5.32 Å². The summed E-state index contributed by atoms with van der Waals surface area (Å²) in [5.41, 5.74) is 2.58. The number of benzene rings is 1. The highest BCUT2D eigenvalue weighted by atomic mass is 32.1. The third kappa shape index (κ3) is 3.40. The third-order valence-corrected chi connectivity index (χ3v) is 7.60. The van der Waals surface area contributed by atoms with Gasteiger partial charge in [-0.15, -0.1) is 11.3 Å². The molecule has 3 nitrogen and oxygen atoms in total. The summed E-state index contributed by atoms with van der Waals surface area (Å²) in [7, 11) is 0. The summed E-state index contributed by atoms with van der Waals surface area (Å²) in [5.74, 6) is 1.94. The van der Waals surface area contributed by atoms with Gasteiger partial charge in [0.05, 0.1) is 11.4 Å². The normalized spacial score (nSPS) is 28.5. The number of phenolic OH excluding ortho intramolecular Hbond substituents is 1. The van der Waals surface area contributed by atoms with Crippen molar-refractivity contribution < 1.29 is 5.11 Å². The molecule has 1 aromatic carbocycles. The molecule has 144 valence electrons. The first-order valence-corrected chi connectivity index (χ1v) is 10.8. The fraction of sp³-hybridized carbons (Fsp3) is 0.522. The Morgan fingerprint density at radius 3 is 2.63 bits per heavy atom. The Morgan fingerprint density at radius 1 is 1.11 bits per heavy atom. The average Bonchev–Trinajstić information content (AvgIpc) is 3.09. The topological polar surface area (TPSA) is 45.1 Å². The molecule has 1 fully saturated rings. The van der Waals surface area contributed by atoms with Crippen LogP contribution < -0.4 is 5.32 Å². The number of anilines is 2. The molecule has 0 saturated heterocycles. The first-order valence-electron chi connectivity index (χ1n) is 9.95. The molecule has 2 aliphatic carbocycles. The second-order valence-electron chi connectivity index (χ2n) is 9.52. The molecule has 1 saturated carbocycles. The Morgan fingerprint density at radius 2 is 1.85 bits per heavy atom. The van der Waals surface area contributed by atoms with E-state index in [2.05, 4.69) is 50.5 Å². The molecule has 3 atom stereocenters. The average molecular weight is 383 g/mol. The lowest BCUT2D eigenvalue weighted by Gasteiger charge is -2.55. The maximum absolute atomic E-state index is 10.0. The van der Waals surface area contributed by atoms with E-state index in [1.54, 1.807) is 17.4 Å². The van der Waals surface area contributed by atoms with E-state index >= 15 is 0 Å². The summed E-state index contributed by atoms with van der Waals surface area (Å²) in [6.07, 6.45) is 8.49. The van der Waals surface area contributed by atoms with Crippen molar-refractivity contribution in [1.29, 1.82) is 0 Å². The van der Waals surface area contributed by atoms with E-state index in [0.29, 0.717) is 34.3 Å². The molecule has 4 rings (SSSR count). The number of phenols is 1. The molecule has 2 aliphatic rings. The predicted molar refractivity (Wildman–Crippen MR) is 114 cm³/mol. The van der Waals surface area contributed by atoms with E-state index in [1.165, 1.54) is 18.5 Å². The smallest absolute Gasteiger partial charge is 0.187 e. The minimum Gasteiger partial charge on any atom is -0.506 e. The standard InChI is InChI=1S/C23H30N2OS/c1-22(2)12-13-23(3,4)20-15(8-7-9-16(20)22)18-14-27-21(25-18)24-17-10-5-6-11-19(17)26/h5-7,9-11,14-16,20,26H,8,12-13H2,1-4H3,(H,24,25). The lowest BCUT2D eigenvalue weighted by Crippen LogP contribution is -2.47. The minimum atomic E-state index is 0.255. The molecule has 2 N–H and O–H groups in total. The van der Waals surface area contributed by atoms with Gasteiger partial charge in [-0.25, -0.2) is 4.98 Å². The maximum atomic E-state index is 10.0. The highest BCUT2D eigenvalue weighted by Gasteiger charge is 2.51. The SMILES string of the molecule is CC1(C)CCC(C)(C)C2C(c3csc(Nc4ccccc4O)n3)CC=CC21. The Hall–Kier alpha value is -1.81. The number of hydrogen-bond donors (Lipinski definition) is 2. The van der Waals surface area contributed by atoms with E-state index in [0.717, 1.165) is 11.6 Å². The fourth-order valence-electron chi connectivity index (χ4n) is 5.16. The van der Waals surface area contributed by atoms with E-state index in [-0.39, 0.29) is 5.75 Å². The van der Waals surface area contributed by atoms with E-state index in [9.17, 15) is 5.11 Å². The van der Waals surface area contributed by atoms with Gasteiger partial charge in [0.2, 0.25) is 0 Å². The van der Waals surface area contributed by atoms with Gasteiger partial charge >= 0.3 is 0 Å². The number of nitrogens with one attached hydrogen (secondary N) is 1. The van der Waals surface area contributed by atoms with Crippen molar-refractivity contribution in [2.24, 2.45) is 22.7 Å². The van der Waals surface area contributed by atoms with Crippen molar-refractivity contribution >= 4 is 22.2 Å². The monoisotopic (exact) mass is 382 g/mol. The Bertz CT molecular complexity index is 852. The number of thiazole rings is 1. The number of nitrogens with zero attached hydrogens (tertiary/aromatic N) is 1. The van der Waals surface area contributed by atoms with Crippen LogP contribution in [0, 0.1) is 22.7 Å². The van der Waals surface area contributed by atoms with Gasteiger partial charge in [-0.1, -0.05) is 52.0 Å². The minimum absolute atomic E-state index is 0.255. The van der Waals surface area contributed by atoms with Gasteiger partial charge in [0.1, 0.15) is 5.75 Å². The second-order valence-corrected chi connectivity index (χ2v) is 10.4.